The molecule has 1 atom stereocenters. The van der Waals surface area contributed by atoms with Crippen LogP contribution >= 0.6 is 11.3 Å². The summed E-state index contributed by atoms with van der Waals surface area (Å²) in [6.45, 7) is 6.76. The fourth-order valence-electron chi connectivity index (χ4n) is 2.70. The molecule has 2 aromatic rings. The molecule has 0 aliphatic rings. The van der Waals surface area contributed by atoms with Crippen LogP contribution in [0.2, 0.25) is 0 Å². The summed E-state index contributed by atoms with van der Waals surface area (Å²) < 4.78 is 5.27. The summed E-state index contributed by atoms with van der Waals surface area (Å²) in [4.78, 5) is 14.8. The third-order valence-electron chi connectivity index (χ3n) is 3.99. The highest BCUT2D eigenvalue weighted by molar-refractivity contribution is 7.07. The molecule has 0 spiro atoms. The molecule has 1 aromatic heterocycles. The monoisotopic (exact) mass is 332 g/mol. The van der Waals surface area contributed by atoms with Gasteiger partial charge in [0.25, 0.3) is 5.91 Å². The summed E-state index contributed by atoms with van der Waals surface area (Å²) in [5.41, 5.74) is 1.82. The van der Waals surface area contributed by atoms with Crippen LogP contribution < -0.4 is 10.1 Å². The van der Waals surface area contributed by atoms with Crippen LogP contribution in [0.5, 0.6) is 5.75 Å². The lowest BCUT2D eigenvalue weighted by Gasteiger charge is -2.29. The van der Waals surface area contributed by atoms with Crippen LogP contribution in [0.25, 0.3) is 0 Å². The molecule has 0 aliphatic carbocycles. The Morgan fingerprint density at radius 3 is 2.61 bits per heavy atom. The van der Waals surface area contributed by atoms with E-state index in [1.807, 2.05) is 12.1 Å². The number of nitrogens with one attached hydrogen (secondary N) is 1. The van der Waals surface area contributed by atoms with Gasteiger partial charge in [-0.1, -0.05) is 26.0 Å². The van der Waals surface area contributed by atoms with Crippen molar-refractivity contribution in [3.8, 4) is 5.75 Å². The van der Waals surface area contributed by atoms with Gasteiger partial charge in [0.1, 0.15) is 5.75 Å². The number of carbonyl (C=O) groups excluding carboxylic acids is 1. The second-order valence-electron chi connectivity index (χ2n) is 5.20. The van der Waals surface area contributed by atoms with E-state index in [2.05, 4.69) is 40.9 Å². The molecule has 1 heterocycles. The first-order valence-corrected chi connectivity index (χ1v) is 8.82. The summed E-state index contributed by atoms with van der Waals surface area (Å²) >= 11 is 1.68. The molecule has 124 valence electrons. The van der Waals surface area contributed by atoms with Crippen molar-refractivity contribution in [3.05, 3.63) is 52.2 Å². The standard InChI is InChI=1S/C18H24N2O2S/c1-4-20(5-2)16(14-10-11-23-13-14)12-19-18(21)15-8-6-7-9-17(15)22-3/h6-11,13,16H,4-5,12H2,1-3H3,(H,19,21). The number of para-hydroxylation sites is 1. The van der Waals surface area contributed by atoms with Crippen molar-refractivity contribution in [2.24, 2.45) is 0 Å². The first-order valence-electron chi connectivity index (χ1n) is 7.88. The molecule has 1 unspecified atom stereocenters. The molecule has 0 aliphatic heterocycles. The van der Waals surface area contributed by atoms with E-state index in [0.717, 1.165) is 13.1 Å². The zero-order chi connectivity index (χ0) is 16.7. The van der Waals surface area contributed by atoms with Crippen LogP contribution in [-0.4, -0.2) is 37.6 Å². The molecule has 0 radical (unpaired) electrons. The second kappa shape index (κ2) is 8.70. The van der Waals surface area contributed by atoms with E-state index in [1.54, 1.807) is 30.6 Å². The highest BCUT2D eigenvalue weighted by Gasteiger charge is 2.20. The van der Waals surface area contributed by atoms with E-state index >= 15 is 0 Å². The van der Waals surface area contributed by atoms with E-state index in [9.17, 15) is 4.79 Å². The highest BCUT2D eigenvalue weighted by Crippen LogP contribution is 2.23. The van der Waals surface area contributed by atoms with Gasteiger partial charge in [-0.25, -0.2) is 0 Å². The number of hydrogen-bond acceptors (Lipinski definition) is 4. The predicted molar refractivity (Wildman–Crippen MR) is 95.3 cm³/mol. The maximum atomic E-state index is 12.5. The van der Waals surface area contributed by atoms with Crippen molar-refractivity contribution in [2.75, 3.05) is 26.7 Å². The molecule has 0 fully saturated rings. The first kappa shape index (κ1) is 17.5. The van der Waals surface area contributed by atoms with Gasteiger partial charge in [-0.05, 0) is 47.6 Å². The third kappa shape index (κ3) is 4.33. The van der Waals surface area contributed by atoms with E-state index in [-0.39, 0.29) is 11.9 Å². The molecular weight excluding hydrogens is 308 g/mol. The van der Waals surface area contributed by atoms with E-state index in [1.165, 1.54) is 5.56 Å². The normalized spacial score (nSPS) is 12.2. The highest BCUT2D eigenvalue weighted by atomic mass is 32.1. The lowest BCUT2D eigenvalue weighted by atomic mass is 10.1. The minimum atomic E-state index is -0.102. The molecule has 0 saturated carbocycles. The van der Waals surface area contributed by atoms with E-state index in [4.69, 9.17) is 4.74 Å². The zero-order valence-corrected chi connectivity index (χ0v) is 14.7. The van der Waals surface area contributed by atoms with Crippen molar-refractivity contribution in [1.29, 1.82) is 0 Å². The van der Waals surface area contributed by atoms with Gasteiger partial charge >= 0.3 is 0 Å². The lowest BCUT2D eigenvalue weighted by Crippen LogP contribution is -2.38. The number of carbonyl (C=O) groups is 1. The summed E-state index contributed by atoms with van der Waals surface area (Å²) in [5, 5.41) is 7.28. The number of nitrogens with zero attached hydrogens (tertiary/aromatic N) is 1. The van der Waals surface area contributed by atoms with Gasteiger partial charge in [0.15, 0.2) is 0 Å². The first-order chi connectivity index (χ1) is 11.2. The van der Waals surface area contributed by atoms with Crippen molar-refractivity contribution >= 4 is 17.2 Å². The van der Waals surface area contributed by atoms with Crippen molar-refractivity contribution in [2.45, 2.75) is 19.9 Å². The molecule has 2 rings (SSSR count). The number of benzene rings is 1. The molecule has 23 heavy (non-hydrogen) atoms. The van der Waals surface area contributed by atoms with Crippen LogP contribution in [0.4, 0.5) is 0 Å². The number of likely N-dealkylation sites (N-methyl/N-ethyl adjacent to an activating group) is 1. The molecular formula is C18H24N2O2S. The van der Waals surface area contributed by atoms with Crippen molar-refractivity contribution < 1.29 is 9.53 Å². The number of rotatable bonds is 8. The Kier molecular flexibility index (Phi) is 6.62. The van der Waals surface area contributed by atoms with Crippen LogP contribution in [0.1, 0.15) is 35.8 Å². The number of hydrogen-bond donors (Lipinski definition) is 1. The van der Waals surface area contributed by atoms with Gasteiger partial charge in [0, 0.05) is 6.54 Å². The van der Waals surface area contributed by atoms with Crippen LogP contribution in [0, 0.1) is 0 Å². The van der Waals surface area contributed by atoms with Gasteiger partial charge < -0.3 is 10.1 Å². The molecule has 1 N–H and O–H groups in total. The molecule has 0 bridgehead atoms. The van der Waals surface area contributed by atoms with Crippen LogP contribution in [0.3, 0.4) is 0 Å². The predicted octanol–water partition coefficient (Wildman–Crippen LogP) is 3.57. The fraction of sp³-hybridized carbons (Fsp3) is 0.389. The van der Waals surface area contributed by atoms with Crippen molar-refractivity contribution in [1.82, 2.24) is 10.2 Å². The van der Waals surface area contributed by atoms with E-state index in [0.29, 0.717) is 17.9 Å². The third-order valence-corrected chi connectivity index (χ3v) is 4.69. The summed E-state index contributed by atoms with van der Waals surface area (Å²) in [7, 11) is 1.58. The maximum absolute atomic E-state index is 12.5. The Hall–Kier alpha value is -1.85. The number of ether oxygens (including phenoxy) is 1. The maximum Gasteiger partial charge on any atom is 0.255 e. The van der Waals surface area contributed by atoms with Gasteiger partial charge in [0.2, 0.25) is 0 Å². The van der Waals surface area contributed by atoms with Gasteiger partial charge in [-0.3, -0.25) is 9.69 Å². The number of methoxy groups -OCH3 is 1. The topological polar surface area (TPSA) is 41.6 Å². The van der Waals surface area contributed by atoms with Gasteiger partial charge in [-0.2, -0.15) is 11.3 Å². The Morgan fingerprint density at radius 1 is 1.26 bits per heavy atom. The number of thiophene rings is 1. The minimum Gasteiger partial charge on any atom is -0.496 e. The molecule has 0 saturated heterocycles. The zero-order valence-electron chi connectivity index (χ0n) is 13.9. The summed E-state index contributed by atoms with van der Waals surface area (Å²) in [6, 6.07) is 9.61. The average molecular weight is 332 g/mol. The molecule has 5 heteroatoms. The largest absolute Gasteiger partial charge is 0.496 e. The molecule has 1 amide bonds. The SMILES string of the molecule is CCN(CC)C(CNC(=O)c1ccccc1OC)c1ccsc1. The van der Waals surface area contributed by atoms with Crippen molar-refractivity contribution in [3.63, 3.8) is 0 Å². The number of amides is 1. The Balaban J connectivity index is 2.10. The Bertz CT molecular complexity index is 609. The quantitative estimate of drug-likeness (QED) is 0.803. The Labute approximate surface area is 142 Å². The lowest BCUT2D eigenvalue weighted by molar-refractivity contribution is 0.0932. The Morgan fingerprint density at radius 2 is 2.00 bits per heavy atom. The van der Waals surface area contributed by atoms with Gasteiger partial charge in [0.05, 0.1) is 18.7 Å². The van der Waals surface area contributed by atoms with Gasteiger partial charge in [-0.15, -0.1) is 0 Å². The second-order valence-corrected chi connectivity index (χ2v) is 5.98. The fourth-order valence-corrected chi connectivity index (χ4v) is 3.41. The summed E-state index contributed by atoms with van der Waals surface area (Å²) in [5.74, 6) is 0.495. The average Bonchev–Trinajstić information content (AvgIpc) is 3.12. The smallest absolute Gasteiger partial charge is 0.255 e. The van der Waals surface area contributed by atoms with Crippen LogP contribution in [0.15, 0.2) is 41.1 Å². The van der Waals surface area contributed by atoms with Crippen LogP contribution in [-0.2, 0) is 0 Å². The molecule has 1 aromatic carbocycles. The minimum absolute atomic E-state index is 0.102. The summed E-state index contributed by atoms with van der Waals surface area (Å²) in [6.07, 6.45) is 0. The molecule has 4 nitrogen and oxygen atoms in total. The van der Waals surface area contributed by atoms with E-state index < -0.39 is 0 Å².